The van der Waals surface area contributed by atoms with E-state index >= 15 is 0 Å². The number of hydrogen-bond donors (Lipinski definition) is 2. The Hall–Kier alpha value is -1.49. The highest BCUT2D eigenvalue weighted by Crippen LogP contribution is 2.26. The van der Waals surface area contributed by atoms with Crippen molar-refractivity contribution in [3.8, 4) is 0 Å². The molecule has 0 bridgehead atoms. The van der Waals surface area contributed by atoms with E-state index in [1.54, 1.807) is 18.2 Å². The van der Waals surface area contributed by atoms with Gasteiger partial charge < -0.3 is 11.1 Å². The zero-order valence-electron chi connectivity index (χ0n) is 8.75. The second kappa shape index (κ2) is 5.55. The van der Waals surface area contributed by atoms with Crippen molar-refractivity contribution in [2.24, 2.45) is 5.73 Å². The van der Waals surface area contributed by atoms with E-state index in [1.165, 1.54) is 12.1 Å². The zero-order valence-corrected chi connectivity index (χ0v) is 8.75. The number of rotatable bonds is 6. The molecule has 0 aromatic heterocycles. The molecule has 3 nitrogen and oxygen atoms in total. The molecule has 16 heavy (non-hydrogen) atoms. The molecule has 0 atom stereocenters. The first kappa shape index (κ1) is 12.6. The number of carbonyl (C=O) groups is 1. The topological polar surface area (TPSA) is 55.1 Å². The fraction of sp³-hybridized carbons (Fsp3) is 0.364. The van der Waals surface area contributed by atoms with Gasteiger partial charge in [-0.3, -0.25) is 4.79 Å². The minimum Gasteiger partial charge on any atom is -0.370 e. The number of amides is 1. The Morgan fingerprint density at radius 1 is 1.31 bits per heavy atom. The molecule has 0 unspecified atom stereocenters. The molecule has 0 saturated carbocycles. The Morgan fingerprint density at radius 2 is 1.94 bits per heavy atom. The molecule has 1 aromatic carbocycles. The van der Waals surface area contributed by atoms with Gasteiger partial charge in [-0.05, 0) is 0 Å². The van der Waals surface area contributed by atoms with Gasteiger partial charge in [-0.2, -0.15) is 8.78 Å². The maximum absolute atomic E-state index is 13.5. The number of hydrogen-bond acceptors (Lipinski definition) is 2. The molecule has 1 amide bonds. The van der Waals surface area contributed by atoms with Crippen molar-refractivity contribution in [1.29, 1.82) is 0 Å². The van der Waals surface area contributed by atoms with E-state index in [0.717, 1.165) is 0 Å². The summed E-state index contributed by atoms with van der Waals surface area (Å²) in [6.45, 7) is -0.331. The standard InChI is InChI=1S/C11H14F2N2O/c12-11(13,8-15-7-6-10(14)16)9-4-2-1-3-5-9/h1-5,15H,6-8H2,(H2,14,16). The highest BCUT2D eigenvalue weighted by molar-refractivity contribution is 5.73. The van der Waals surface area contributed by atoms with Crippen LogP contribution >= 0.6 is 0 Å². The summed E-state index contributed by atoms with van der Waals surface area (Å²) in [5.74, 6) is -3.44. The molecule has 0 aliphatic heterocycles. The molecule has 3 N–H and O–H groups in total. The minimum absolute atomic E-state index is 0.0402. The highest BCUT2D eigenvalue weighted by atomic mass is 19.3. The van der Waals surface area contributed by atoms with Crippen molar-refractivity contribution >= 4 is 5.91 Å². The lowest BCUT2D eigenvalue weighted by Crippen LogP contribution is -2.32. The average molecular weight is 228 g/mol. The van der Waals surface area contributed by atoms with Crippen molar-refractivity contribution in [3.05, 3.63) is 35.9 Å². The Labute approximate surface area is 92.6 Å². The predicted molar refractivity (Wildman–Crippen MR) is 57.0 cm³/mol. The van der Waals surface area contributed by atoms with Crippen LogP contribution in [0.4, 0.5) is 8.78 Å². The van der Waals surface area contributed by atoms with Crippen molar-refractivity contribution in [2.75, 3.05) is 13.1 Å². The van der Waals surface area contributed by atoms with Crippen LogP contribution in [0, 0.1) is 0 Å². The molecule has 5 heteroatoms. The number of alkyl halides is 2. The van der Waals surface area contributed by atoms with Crippen LogP contribution in [0.1, 0.15) is 12.0 Å². The van der Waals surface area contributed by atoms with Crippen molar-refractivity contribution in [2.45, 2.75) is 12.3 Å². The number of benzene rings is 1. The Bertz CT molecular complexity index is 341. The van der Waals surface area contributed by atoms with Crippen LogP contribution < -0.4 is 11.1 Å². The van der Waals surface area contributed by atoms with Crippen LogP contribution in [0.25, 0.3) is 0 Å². The summed E-state index contributed by atoms with van der Waals surface area (Å²) in [6.07, 6.45) is 0.0604. The number of nitrogens with two attached hydrogens (primary N) is 1. The maximum atomic E-state index is 13.5. The first-order valence-corrected chi connectivity index (χ1v) is 4.95. The predicted octanol–water partition coefficient (Wildman–Crippen LogP) is 1.24. The van der Waals surface area contributed by atoms with Gasteiger partial charge in [-0.1, -0.05) is 30.3 Å². The smallest absolute Gasteiger partial charge is 0.285 e. The van der Waals surface area contributed by atoms with Crippen molar-refractivity contribution in [1.82, 2.24) is 5.32 Å². The van der Waals surface area contributed by atoms with Crippen molar-refractivity contribution in [3.63, 3.8) is 0 Å². The van der Waals surface area contributed by atoms with Crippen LogP contribution in [0.2, 0.25) is 0 Å². The van der Waals surface area contributed by atoms with Gasteiger partial charge in [0.25, 0.3) is 5.92 Å². The fourth-order valence-electron chi connectivity index (χ4n) is 1.24. The monoisotopic (exact) mass is 228 g/mol. The summed E-state index contributed by atoms with van der Waals surface area (Å²) in [4.78, 5) is 10.4. The van der Waals surface area contributed by atoms with E-state index in [2.05, 4.69) is 5.32 Å². The van der Waals surface area contributed by atoms with E-state index in [1.807, 2.05) is 0 Å². The van der Waals surface area contributed by atoms with E-state index < -0.39 is 18.4 Å². The van der Waals surface area contributed by atoms with Crippen molar-refractivity contribution < 1.29 is 13.6 Å². The van der Waals surface area contributed by atoms with E-state index in [9.17, 15) is 13.6 Å². The first-order valence-electron chi connectivity index (χ1n) is 4.95. The van der Waals surface area contributed by atoms with Gasteiger partial charge in [0.2, 0.25) is 5.91 Å². The third-order valence-corrected chi connectivity index (χ3v) is 2.09. The van der Waals surface area contributed by atoms with Crippen LogP contribution in [-0.4, -0.2) is 19.0 Å². The summed E-state index contributed by atoms with van der Waals surface area (Å²) in [6, 6.07) is 7.55. The van der Waals surface area contributed by atoms with E-state index in [-0.39, 0.29) is 18.5 Å². The van der Waals surface area contributed by atoms with Gasteiger partial charge in [0.15, 0.2) is 0 Å². The lowest BCUT2D eigenvalue weighted by Gasteiger charge is -2.17. The highest BCUT2D eigenvalue weighted by Gasteiger charge is 2.30. The van der Waals surface area contributed by atoms with Crippen LogP contribution in [0.3, 0.4) is 0 Å². The third kappa shape index (κ3) is 3.94. The van der Waals surface area contributed by atoms with Gasteiger partial charge in [0.05, 0.1) is 6.54 Å². The maximum Gasteiger partial charge on any atom is 0.285 e. The van der Waals surface area contributed by atoms with E-state index in [0.29, 0.717) is 0 Å². The number of primary amides is 1. The normalized spacial score (nSPS) is 11.4. The van der Waals surface area contributed by atoms with E-state index in [4.69, 9.17) is 5.73 Å². The van der Waals surface area contributed by atoms with Crippen LogP contribution in [0.15, 0.2) is 30.3 Å². The fourth-order valence-corrected chi connectivity index (χ4v) is 1.24. The molecule has 1 rings (SSSR count). The quantitative estimate of drug-likeness (QED) is 0.720. The lowest BCUT2D eigenvalue weighted by molar-refractivity contribution is -0.118. The second-order valence-electron chi connectivity index (χ2n) is 3.46. The Kier molecular flexibility index (Phi) is 4.37. The molecule has 0 saturated heterocycles. The van der Waals surface area contributed by atoms with Gasteiger partial charge >= 0.3 is 0 Å². The number of halogens is 2. The molecule has 0 fully saturated rings. The number of nitrogens with one attached hydrogen (secondary N) is 1. The Balaban J connectivity index is 2.43. The SMILES string of the molecule is NC(=O)CCNCC(F)(F)c1ccccc1. The molecule has 0 radical (unpaired) electrons. The largest absolute Gasteiger partial charge is 0.370 e. The average Bonchev–Trinajstić information content (AvgIpc) is 2.26. The first-order chi connectivity index (χ1) is 7.52. The second-order valence-corrected chi connectivity index (χ2v) is 3.46. The lowest BCUT2D eigenvalue weighted by atomic mass is 10.1. The zero-order chi connectivity index (χ0) is 12.0. The molecule has 1 aromatic rings. The van der Waals surface area contributed by atoms with Gasteiger partial charge in [0, 0.05) is 18.5 Å². The van der Waals surface area contributed by atoms with Gasteiger partial charge in [-0.15, -0.1) is 0 Å². The molecule has 0 heterocycles. The van der Waals surface area contributed by atoms with Gasteiger partial charge in [0.1, 0.15) is 0 Å². The molecule has 0 aliphatic carbocycles. The molecule has 88 valence electrons. The summed E-state index contributed by atoms with van der Waals surface area (Å²) >= 11 is 0. The third-order valence-electron chi connectivity index (χ3n) is 2.09. The molecule has 0 aliphatic rings. The molecular weight excluding hydrogens is 214 g/mol. The Morgan fingerprint density at radius 3 is 2.50 bits per heavy atom. The summed E-state index contributed by atoms with van der Waals surface area (Å²) in [5, 5.41) is 2.50. The number of carbonyl (C=O) groups excluding carboxylic acids is 1. The molecule has 0 spiro atoms. The minimum atomic E-state index is -2.93. The summed E-state index contributed by atoms with van der Waals surface area (Å²) in [5.41, 5.74) is 4.85. The van der Waals surface area contributed by atoms with Crippen LogP contribution in [0.5, 0.6) is 0 Å². The summed E-state index contributed by atoms with van der Waals surface area (Å²) in [7, 11) is 0. The summed E-state index contributed by atoms with van der Waals surface area (Å²) < 4.78 is 27.0. The molecular formula is C11H14F2N2O. The van der Waals surface area contributed by atoms with Gasteiger partial charge in [-0.25, -0.2) is 0 Å². The van der Waals surface area contributed by atoms with Crippen LogP contribution in [-0.2, 0) is 10.7 Å².